The Labute approximate surface area is 159 Å². The smallest absolute Gasteiger partial charge is 0.316 e. The largest absolute Gasteiger partial charge is 0.455 e. The predicted octanol–water partition coefficient (Wildman–Crippen LogP) is 4.70. The third kappa shape index (κ3) is 6.23. The van der Waals surface area contributed by atoms with Gasteiger partial charge in [0.25, 0.3) is 5.91 Å². The first-order chi connectivity index (χ1) is 12.3. The topological polar surface area (TPSA) is 55.4 Å². The Morgan fingerprint density at radius 3 is 2.38 bits per heavy atom. The zero-order valence-corrected chi connectivity index (χ0v) is 16.5. The van der Waals surface area contributed by atoms with E-state index in [0.717, 1.165) is 10.5 Å². The van der Waals surface area contributed by atoms with Crippen LogP contribution in [0.2, 0.25) is 0 Å². The van der Waals surface area contributed by atoms with Crippen molar-refractivity contribution in [2.45, 2.75) is 38.5 Å². The number of carbonyl (C=O) groups is 2. The van der Waals surface area contributed by atoms with Gasteiger partial charge < -0.3 is 10.1 Å². The zero-order chi connectivity index (χ0) is 19.1. The molecular weight excluding hydrogens is 346 g/mol. The number of esters is 1. The second-order valence-corrected chi connectivity index (χ2v) is 7.56. The second kappa shape index (κ2) is 9.43. The normalized spacial score (nSPS) is 10.7. The Balaban J connectivity index is 1.75. The van der Waals surface area contributed by atoms with E-state index in [1.165, 1.54) is 22.9 Å². The number of benzene rings is 2. The summed E-state index contributed by atoms with van der Waals surface area (Å²) >= 11 is 1.42. The Morgan fingerprint density at radius 2 is 1.77 bits per heavy atom. The van der Waals surface area contributed by atoms with E-state index in [4.69, 9.17) is 4.74 Å². The fraction of sp³-hybridized carbons (Fsp3) is 0.333. The molecule has 0 saturated heterocycles. The van der Waals surface area contributed by atoms with E-state index in [1.807, 2.05) is 50.2 Å². The number of carbonyl (C=O) groups excluding carboxylic acids is 2. The summed E-state index contributed by atoms with van der Waals surface area (Å²) in [5.41, 5.74) is 4.22. The molecule has 138 valence electrons. The van der Waals surface area contributed by atoms with Crippen LogP contribution in [0.5, 0.6) is 0 Å². The molecule has 0 spiro atoms. The summed E-state index contributed by atoms with van der Waals surface area (Å²) in [7, 11) is 0. The number of hydrogen-bond acceptors (Lipinski definition) is 4. The van der Waals surface area contributed by atoms with Gasteiger partial charge in [0.05, 0.1) is 5.75 Å². The molecule has 0 aliphatic heterocycles. The first kappa shape index (κ1) is 20.0. The molecule has 2 rings (SSSR count). The predicted molar refractivity (Wildman–Crippen MR) is 107 cm³/mol. The number of ether oxygens (including phenoxy) is 1. The molecule has 0 heterocycles. The SMILES string of the molecule is Cc1ccc(SCC(=O)OCC(=O)Nc2ccc(C(C)C)cc2)c(C)c1. The van der Waals surface area contributed by atoms with Crippen LogP contribution in [0.25, 0.3) is 0 Å². The molecule has 1 amide bonds. The highest BCUT2D eigenvalue weighted by atomic mass is 32.2. The molecule has 2 aromatic rings. The Bertz CT molecular complexity index is 769. The van der Waals surface area contributed by atoms with Gasteiger partial charge in [0.2, 0.25) is 0 Å². The van der Waals surface area contributed by atoms with Crippen LogP contribution in [0, 0.1) is 13.8 Å². The zero-order valence-electron chi connectivity index (χ0n) is 15.7. The maximum absolute atomic E-state index is 11.9. The molecule has 5 heteroatoms. The van der Waals surface area contributed by atoms with Gasteiger partial charge in [-0.05, 0) is 49.1 Å². The highest BCUT2D eigenvalue weighted by molar-refractivity contribution is 8.00. The lowest BCUT2D eigenvalue weighted by atomic mass is 10.0. The Kier molecular flexibility index (Phi) is 7.27. The van der Waals surface area contributed by atoms with Gasteiger partial charge in [-0.15, -0.1) is 11.8 Å². The Hall–Kier alpha value is -2.27. The summed E-state index contributed by atoms with van der Waals surface area (Å²) < 4.78 is 5.05. The average Bonchev–Trinajstić information content (AvgIpc) is 2.59. The van der Waals surface area contributed by atoms with Crippen molar-refractivity contribution < 1.29 is 14.3 Å². The van der Waals surface area contributed by atoms with Crippen LogP contribution in [-0.4, -0.2) is 24.2 Å². The van der Waals surface area contributed by atoms with Gasteiger partial charge in [-0.25, -0.2) is 0 Å². The fourth-order valence-electron chi connectivity index (χ4n) is 2.43. The lowest BCUT2D eigenvalue weighted by Crippen LogP contribution is -2.21. The molecule has 26 heavy (non-hydrogen) atoms. The summed E-state index contributed by atoms with van der Waals surface area (Å²) in [6.45, 7) is 7.99. The van der Waals surface area contributed by atoms with Crippen molar-refractivity contribution >= 4 is 29.3 Å². The summed E-state index contributed by atoms with van der Waals surface area (Å²) in [5, 5.41) is 2.73. The molecule has 0 saturated carbocycles. The maximum atomic E-state index is 11.9. The van der Waals surface area contributed by atoms with Gasteiger partial charge >= 0.3 is 5.97 Å². The summed E-state index contributed by atoms with van der Waals surface area (Å²) in [6, 6.07) is 13.7. The average molecular weight is 372 g/mol. The number of rotatable bonds is 7. The van der Waals surface area contributed by atoms with E-state index in [1.54, 1.807) is 0 Å². The molecule has 0 aromatic heterocycles. The van der Waals surface area contributed by atoms with Gasteiger partial charge in [-0.2, -0.15) is 0 Å². The number of aryl methyl sites for hydroxylation is 2. The van der Waals surface area contributed by atoms with E-state index < -0.39 is 5.97 Å². The lowest BCUT2D eigenvalue weighted by Gasteiger charge is -2.09. The van der Waals surface area contributed by atoms with Crippen LogP contribution in [0.15, 0.2) is 47.4 Å². The highest BCUT2D eigenvalue weighted by Gasteiger charge is 2.10. The molecule has 0 unspecified atom stereocenters. The molecule has 0 radical (unpaired) electrons. The minimum Gasteiger partial charge on any atom is -0.455 e. The number of nitrogens with one attached hydrogen (secondary N) is 1. The molecule has 0 aliphatic rings. The third-order valence-electron chi connectivity index (χ3n) is 3.90. The first-order valence-corrected chi connectivity index (χ1v) is 9.59. The fourth-order valence-corrected chi connectivity index (χ4v) is 3.24. The Morgan fingerprint density at radius 1 is 1.08 bits per heavy atom. The van der Waals surface area contributed by atoms with E-state index in [-0.39, 0.29) is 18.3 Å². The van der Waals surface area contributed by atoms with Gasteiger partial charge in [0.15, 0.2) is 6.61 Å². The minimum absolute atomic E-state index is 0.181. The van der Waals surface area contributed by atoms with Crippen molar-refractivity contribution in [3.05, 3.63) is 59.2 Å². The molecule has 0 bridgehead atoms. The number of thioether (sulfide) groups is 1. The van der Waals surface area contributed by atoms with E-state index in [9.17, 15) is 9.59 Å². The van der Waals surface area contributed by atoms with E-state index >= 15 is 0 Å². The number of amides is 1. The van der Waals surface area contributed by atoms with Gasteiger partial charge in [0.1, 0.15) is 0 Å². The summed E-state index contributed by atoms with van der Waals surface area (Å²) in [6.07, 6.45) is 0. The van der Waals surface area contributed by atoms with Crippen LogP contribution >= 0.6 is 11.8 Å². The van der Waals surface area contributed by atoms with Gasteiger partial charge in [0, 0.05) is 10.6 Å². The molecule has 0 atom stereocenters. The quantitative estimate of drug-likeness (QED) is 0.566. The molecular formula is C21H25NO3S. The van der Waals surface area contributed by atoms with Crippen LogP contribution in [0.4, 0.5) is 5.69 Å². The molecule has 0 fully saturated rings. The standard InChI is InChI=1S/C21H25NO3S/c1-14(2)17-6-8-18(9-7-17)22-20(23)12-25-21(24)13-26-19-10-5-15(3)11-16(19)4/h5-11,14H,12-13H2,1-4H3,(H,22,23). The third-order valence-corrected chi connectivity index (χ3v) is 5.05. The summed E-state index contributed by atoms with van der Waals surface area (Å²) in [5.74, 6) is -0.122. The molecule has 1 N–H and O–H groups in total. The maximum Gasteiger partial charge on any atom is 0.316 e. The van der Waals surface area contributed by atoms with E-state index in [0.29, 0.717) is 11.6 Å². The molecule has 0 aliphatic carbocycles. The van der Waals surface area contributed by atoms with Crippen molar-refractivity contribution in [1.29, 1.82) is 0 Å². The number of hydrogen-bond donors (Lipinski definition) is 1. The van der Waals surface area contributed by atoms with Crippen molar-refractivity contribution in [3.8, 4) is 0 Å². The van der Waals surface area contributed by atoms with Crippen LogP contribution in [0.3, 0.4) is 0 Å². The van der Waals surface area contributed by atoms with Crippen molar-refractivity contribution in [3.63, 3.8) is 0 Å². The van der Waals surface area contributed by atoms with Crippen molar-refractivity contribution in [2.75, 3.05) is 17.7 Å². The van der Waals surface area contributed by atoms with Crippen LogP contribution in [0.1, 0.15) is 36.5 Å². The molecule has 2 aromatic carbocycles. The van der Waals surface area contributed by atoms with Crippen LogP contribution < -0.4 is 5.32 Å². The monoisotopic (exact) mass is 371 g/mol. The highest BCUT2D eigenvalue weighted by Crippen LogP contribution is 2.23. The van der Waals surface area contributed by atoms with Gasteiger partial charge in [-0.1, -0.05) is 43.7 Å². The van der Waals surface area contributed by atoms with Crippen molar-refractivity contribution in [2.24, 2.45) is 0 Å². The minimum atomic E-state index is -0.403. The lowest BCUT2D eigenvalue weighted by molar-refractivity contribution is -0.144. The van der Waals surface area contributed by atoms with Crippen LogP contribution in [-0.2, 0) is 14.3 Å². The first-order valence-electron chi connectivity index (χ1n) is 8.60. The second-order valence-electron chi connectivity index (χ2n) is 6.54. The van der Waals surface area contributed by atoms with Crippen molar-refractivity contribution in [1.82, 2.24) is 0 Å². The molecule has 4 nitrogen and oxygen atoms in total. The summed E-state index contributed by atoms with van der Waals surface area (Å²) in [4.78, 5) is 24.8. The van der Waals surface area contributed by atoms with E-state index in [2.05, 4.69) is 25.2 Å². The number of anilines is 1. The van der Waals surface area contributed by atoms with Gasteiger partial charge in [-0.3, -0.25) is 9.59 Å².